The van der Waals surface area contributed by atoms with Gasteiger partial charge in [-0.3, -0.25) is 4.79 Å². The van der Waals surface area contributed by atoms with Crippen LogP contribution in [0, 0.1) is 5.92 Å². The molecule has 0 amide bonds. The maximum absolute atomic E-state index is 11.4. The van der Waals surface area contributed by atoms with Gasteiger partial charge in [0, 0.05) is 6.42 Å². The lowest BCUT2D eigenvalue weighted by Crippen LogP contribution is -2.54. The van der Waals surface area contributed by atoms with Gasteiger partial charge in [0.05, 0.1) is 14.2 Å². The highest BCUT2D eigenvalue weighted by Crippen LogP contribution is 2.30. The van der Waals surface area contributed by atoms with E-state index in [9.17, 15) is 9.90 Å². The number of hydrogen-bond donors (Lipinski definition) is 2. The predicted octanol–water partition coefficient (Wildman–Crippen LogP) is 1.68. The second-order valence-electron chi connectivity index (χ2n) is 4.87. The highest BCUT2D eigenvalue weighted by atomic mass is 16.5. The number of benzene rings is 1. The molecular formula is C14H21NO4. The summed E-state index contributed by atoms with van der Waals surface area (Å²) in [5.41, 5.74) is 5.52. The third kappa shape index (κ3) is 3.17. The predicted molar refractivity (Wildman–Crippen MR) is 72.6 cm³/mol. The Hall–Kier alpha value is -1.75. The Bertz CT molecular complexity index is 459. The van der Waals surface area contributed by atoms with Crippen molar-refractivity contribution in [3.05, 3.63) is 23.8 Å². The van der Waals surface area contributed by atoms with Crippen LogP contribution in [0.15, 0.2) is 18.2 Å². The summed E-state index contributed by atoms with van der Waals surface area (Å²) in [6, 6.07) is 5.30. The van der Waals surface area contributed by atoms with Crippen LogP contribution in [0.25, 0.3) is 0 Å². The maximum Gasteiger partial charge on any atom is 0.324 e. The Morgan fingerprint density at radius 2 is 1.89 bits per heavy atom. The summed E-state index contributed by atoms with van der Waals surface area (Å²) in [6.07, 6.45) is 0.236. The topological polar surface area (TPSA) is 81.8 Å². The number of hydrogen-bond acceptors (Lipinski definition) is 4. The molecule has 0 aliphatic heterocycles. The van der Waals surface area contributed by atoms with Crippen molar-refractivity contribution < 1.29 is 19.4 Å². The number of aliphatic carboxylic acids is 1. The van der Waals surface area contributed by atoms with E-state index in [1.165, 1.54) is 7.11 Å². The molecule has 1 rings (SSSR count). The SMILES string of the molecule is COc1ccc(CC(N)(C(=O)O)C(C)C)cc1OC. The fourth-order valence-corrected chi connectivity index (χ4v) is 1.86. The molecule has 1 unspecified atom stereocenters. The van der Waals surface area contributed by atoms with Crippen molar-refractivity contribution in [2.45, 2.75) is 25.8 Å². The Balaban J connectivity index is 3.08. The van der Waals surface area contributed by atoms with Crippen LogP contribution in [0.3, 0.4) is 0 Å². The van der Waals surface area contributed by atoms with Gasteiger partial charge in [-0.05, 0) is 23.6 Å². The summed E-state index contributed by atoms with van der Waals surface area (Å²) in [7, 11) is 3.09. The number of ether oxygens (including phenoxy) is 2. The molecule has 0 radical (unpaired) electrons. The zero-order valence-electron chi connectivity index (χ0n) is 11.8. The minimum Gasteiger partial charge on any atom is -0.493 e. The van der Waals surface area contributed by atoms with E-state index < -0.39 is 11.5 Å². The molecule has 5 heteroatoms. The number of carboxylic acid groups (broad SMARTS) is 1. The van der Waals surface area contributed by atoms with Gasteiger partial charge < -0.3 is 20.3 Å². The van der Waals surface area contributed by atoms with E-state index in [-0.39, 0.29) is 12.3 Å². The zero-order valence-corrected chi connectivity index (χ0v) is 11.8. The minimum absolute atomic E-state index is 0.182. The highest BCUT2D eigenvalue weighted by Gasteiger charge is 2.37. The number of rotatable bonds is 6. The van der Waals surface area contributed by atoms with Crippen LogP contribution in [-0.2, 0) is 11.2 Å². The lowest BCUT2D eigenvalue weighted by atomic mass is 9.82. The van der Waals surface area contributed by atoms with Crippen LogP contribution in [0.1, 0.15) is 19.4 Å². The van der Waals surface area contributed by atoms with Crippen LogP contribution >= 0.6 is 0 Å². The molecular weight excluding hydrogens is 246 g/mol. The lowest BCUT2D eigenvalue weighted by molar-refractivity contribution is -0.145. The summed E-state index contributed by atoms with van der Waals surface area (Å²) in [4.78, 5) is 11.4. The molecule has 0 fully saturated rings. The number of nitrogens with two attached hydrogens (primary N) is 1. The Morgan fingerprint density at radius 1 is 1.32 bits per heavy atom. The molecule has 5 nitrogen and oxygen atoms in total. The molecule has 0 bridgehead atoms. The molecule has 3 N–H and O–H groups in total. The summed E-state index contributed by atoms with van der Waals surface area (Å²) in [6.45, 7) is 3.60. The monoisotopic (exact) mass is 267 g/mol. The first-order chi connectivity index (χ1) is 8.85. The molecule has 0 heterocycles. The first kappa shape index (κ1) is 15.3. The Labute approximate surface area is 113 Å². The standard InChI is InChI=1S/C14H21NO4/c1-9(2)14(15,13(16)17)8-10-5-6-11(18-3)12(7-10)19-4/h5-7,9H,8,15H2,1-4H3,(H,16,17). The highest BCUT2D eigenvalue weighted by molar-refractivity contribution is 5.79. The van der Waals surface area contributed by atoms with Crippen molar-refractivity contribution in [2.75, 3.05) is 14.2 Å². The van der Waals surface area contributed by atoms with Crippen LogP contribution in [0.5, 0.6) is 11.5 Å². The van der Waals surface area contributed by atoms with Gasteiger partial charge in [0.15, 0.2) is 11.5 Å². The molecule has 0 saturated heterocycles. The molecule has 1 atom stereocenters. The van der Waals surface area contributed by atoms with Gasteiger partial charge in [0.1, 0.15) is 5.54 Å². The minimum atomic E-state index is -1.29. The molecule has 0 aliphatic rings. The first-order valence-corrected chi connectivity index (χ1v) is 6.08. The third-order valence-electron chi connectivity index (χ3n) is 3.37. The lowest BCUT2D eigenvalue weighted by Gasteiger charge is -2.29. The van der Waals surface area contributed by atoms with E-state index in [1.54, 1.807) is 39.2 Å². The second kappa shape index (κ2) is 5.93. The second-order valence-corrected chi connectivity index (χ2v) is 4.87. The Kier molecular flexibility index (Phi) is 4.78. The van der Waals surface area contributed by atoms with E-state index in [2.05, 4.69) is 0 Å². The normalized spacial score (nSPS) is 14.0. The van der Waals surface area contributed by atoms with Gasteiger partial charge in [0.2, 0.25) is 0 Å². The summed E-state index contributed by atoms with van der Waals surface area (Å²) >= 11 is 0. The molecule has 0 aromatic heterocycles. The fraction of sp³-hybridized carbons (Fsp3) is 0.500. The summed E-state index contributed by atoms with van der Waals surface area (Å²) in [5, 5.41) is 9.31. The van der Waals surface area contributed by atoms with Crippen molar-refractivity contribution in [1.29, 1.82) is 0 Å². The summed E-state index contributed by atoms with van der Waals surface area (Å²) in [5.74, 6) is -0.0133. The van der Waals surface area contributed by atoms with E-state index in [1.807, 2.05) is 0 Å². The third-order valence-corrected chi connectivity index (χ3v) is 3.37. The van der Waals surface area contributed by atoms with Crippen LogP contribution in [0.2, 0.25) is 0 Å². The van der Waals surface area contributed by atoms with Crippen molar-refractivity contribution >= 4 is 5.97 Å². The molecule has 0 saturated carbocycles. The van der Waals surface area contributed by atoms with Gasteiger partial charge in [0.25, 0.3) is 0 Å². The van der Waals surface area contributed by atoms with Gasteiger partial charge in [-0.2, -0.15) is 0 Å². The molecule has 1 aromatic carbocycles. The van der Waals surface area contributed by atoms with Gasteiger partial charge in [-0.15, -0.1) is 0 Å². The largest absolute Gasteiger partial charge is 0.493 e. The molecule has 106 valence electrons. The summed E-state index contributed by atoms with van der Waals surface area (Å²) < 4.78 is 10.3. The maximum atomic E-state index is 11.4. The van der Waals surface area contributed by atoms with Gasteiger partial charge >= 0.3 is 5.97 Å². The molecule has 19 heavy (non-hydrogen) atoms. The van der Waals surface area contributed by atoms with Crippen molar-refractivity contribution in [1.82, 2.24) is 0 Å². The van der Waals surface area contributed by atoms with E-state index in [4.69, 9.17) is 15.2 Å². The van der Waals surface area contributed by atoms with Gasteiger partial charge in [-0.1, -0.05) is 19.9 Å². The molecule has 0 spiro atoms. The molecule has 0 aliphatic carbocycles. The zero-order chi connectivity index (χ0) is 14.6. The van der Waals surface area contributed by atoms with Gasteiger partial charge in [-0.25, -0.2) is 0 Å². The van der Waals surface area contributed by atoms with Crippen LogP contribution in [-0.4, -0.2) is 30.8 Å². The number of methoxy groups -OCH3 is 2. The molecule has 1 aromatic rings. The average Bonchev–Trinajstić information content (AvgIpc) is 2.37. The van der Waals surface area contributed by atoms with Crippen molar-refractivity contribution in [2.24, 2.45) is 11.7 Å². The quantitative estimate of drug-likeness (QED) is 0.819. The van der Waals surface area contributed by atoms with E-state index in [0.717, 1.165) is 5.56 Å². The first-order valence-electron chi connectivity index (χ1n) is 6.08. The van der Waals surface area contributed by atoms with E-state index >= 15 is 0 Å². The van der Waals surface area contributed by atoms with Crippen LogP contribution < -0.4 is 15.2 Å². The number of carbonyl (C=O) groups is 1. The van der Waals surface area contributed by atoms with E-state index in [0.29, 0.717) is 11.5 Å². The van der Waals surface area contributed by atoms with Crippen molar-refractivity contribution in [3.63, 3.8) is 0 Å². The van der Waals surface area contributed by atoms with Crippen molar-refractivity contribution in [3.8, 4) is 11.5 Å². The smallest absolute Gasteiger partial charge is 0.324 e. The Morgan fingerprint density at radius 3 is 2.32 bits per heavy atom. The van der Waals surface area contributed by atoms with Crippen LogP contribution in [0.4, 0.5) is 0 Å². The fourth-order valence-electron chi connectivity index (χ4n) is 1.86. The average molecular weight is 267 g/mol. The number of carboxylic acids is 1.